The van der Waals surface area contributed by atoms with Gasteiger partial charge in [0, 0.05) is 25.4 Å². The predicted octanol–water partition coefficient (Wildman–Crippen LogP) is 3.74. The minimum absolute atomic E-state index is 0.0254. The van der Waals surface area contributed by atoms with Gasteiger partial charge in [-0.25, -0.2) is 23.9 Å². The molecule has 0 amide bonds. The van der Waals surface area contributed by atoms with Gasteiger partial charge < -0.3 is 19.5 Å². The third-order valence-corrected chi connectivity index (χ3v) is 9.34. The molecular weight excluding hydrogens is 538 g/mol. The summed E-state index contributed by atoms with van der Waals surface area (Å²) in [6.45, 7) is 7.47. The molecule has 3 aromatic rings. The third kappa shape index (κ3) is 6.38. The second kappa shape index (κ2) is 12.1. The van der Waals surface area contributed by atoms with E-state index < -0.39 is 11.0 Å². The molecule has 0 saturated carbocycles. The van der Waals surface area contributed by atoms with Crippen LogP contribution in [0.15, 0.2) is 48.8 Å². The number of aliphatic hydroxyl groups is 1. The monoisotopic (exact) mass is 575 g/mol. The predicted molar refractivity (Wildman–Crippen MR) is 159 cm³/mol. The van der Waals surface area contributed by atoms with Crippen molar-refractivity contribution in [2.24, 2.45) is 5.41 Å². The molecule has 2 atom stereocenters. The summed E-state index contributed by atoms with van der Waals surface area (Å²) in [5, 5.41) is 10.1. The Morgan fingerprint density at radius 2 is 1.98 bits per heavy atom. The van der Waals surface area contributed by atoms with Crippen LogP contribution >= 0.6 is 0 Å². The van der Waals surface area contributed by atoms with Crippen LogP contribution in [-0.4, -0.2) is 55.8 Å². The maximum absolute atomic E-state index is 13.2. The molecule has 3 heterocycles. The number of ether oxygens (including phenoxy) is 2. The molecule has 1 aromatic carbocycles. The van der Waals surface area contributed by atoms with Crippen LogP contribution < -0.4 is 19.1 Å². The molecule has 10 heteroatoms. The molecule has 9 nitrogen and oxygen atoms in total. The van der Waals surface area contributed by atoms with E-state index in [1.807, 2.05) is 20.8 Å². The fourth-order valence-electron chi connectivity index (χ4n) is 5.58. The number of nitrogens with zero attached hydrogens (tertiary/aromatic N) is 4. The van der Waals surface area contributed by atoms with Crippen LogP contribution in [0.1, 0.15) is 62.2 Å². The van der Waals surface area contributed by atoms with Gasteiger partial charge >= 0.3 is 0 Å². The quantitative estimate of drug-likeness (QED) is 0.410. The second-order valence-corrected chi connectivity index (χ2v) is 13.5. The first-order chi connectivity index (χ1) is 19.7. The summed E-state index contributed by atoms with van der Waals surface area (Å²) >= 11 is 0. The molecule has 2 aliphatic rings. The van der Waals surface area contributed by atoms with Gasteiger partial charge in [0.2, 0.25) is 5.88 Å². The number of benzene rings is 1. The Morgan fingerprint density at radius 3 is 2.71 bits per heavy atom. The Kier molecular flexibility index (Phi) is 8.59. The van der Waals surface area contributed by atoms with Crippen LogP contribution in [0.25, 0.3) is 0 Å². The SMILES string of the molecule is COc1cc(OCC#Cc2cnc(N3CCC4(CC3)Cc3ccccc3[C@H]4NS(=O)C(C)(C)C)c(CO)n2)ccn1. The summed E-state index contributed by atoms with van der Waals surface area (Å²) in [6.07, 6.45) is 6.02. The number of hydrogen-bond donors (Lipinski definition) is 2. The van der Waals surface area contributed by atoms with Crippen LogP contribution in [0, 0.1) is 17.3 Å². The molecule has 1 fully saturated rings. The van der Waals surface area contributed by atoms with Crippen molar-refractivity contribution in [1.82, 2.24) is 19.7 Å². The van der Waals surface area contributed by atoms with Gasteiger partial charge in [0.25, 0.3) is 0 Å². The number of aliphatic hydroxyl groups excluding tert-OH is 1. The maximum Gasteiger partial charge on any atom is 0.216 e. The molecule has 2 aromatic heterocycles. The van der Waals surface area contributed by atoms with E-state index >= 15 is 0 Å². The van der Waals surface area contributed by atoms with E-state index in [1.54, 1.807) is 31.6 Å². The smallest absolute Gasteiger partial charge is 0.216 e. The second-order valence-electron chi connectivity index (χ2n) is 11.5. The zero-order valence-electron chi connectivity index (χ0n) is 24.0. The van der Waals surface area contributed by atoms with Gasteiger partial charge in [-0.1, -0.05) is 30.2 Å². The van der Waals surface area contributed by atoms with Gasteiger partial charge in [0.15, 0.2) is 5.82 Å². The van der Waals surface area contributed by atoms with E-state index in [-0.39, 0.29) is 29.4 Å². The summed E-state index contributed by atoms with van der Waals surface area (Å²) < 4.78 is 27.1. The first-order valence-corrected chi connectivity index (χ1v) is 15.0. The highest BCUT2D eigenvalue weighted by Gasteiger charge is 2.49. The largest absolute Gasteiger partial charge is 0.481 e. The number of nitrogens with one attached hydrogen (secondary N) is 1. The van der Waals surface area contributed by atoms with Crippen LogP contribution in [0.4, 0.5) is 5.82 Å². The van der Waals surface area contributed by atoms with Crippen LogP contribution in [0.2, 0.25) is 0 Å². The van der Waals surface area contributed by atoms with Crippen molar-refractivity contribution in [3.63, 3.8) is 0 Å². The lowest BCUT2D eigenvalue weighted by atomic mass is 9.73. The fourth-order valence-corrected chi connectivity index (χ4v) is 6.52. The number of rotatable bonds is 7. The van der Waals surface area contributed by atoms with Crippen molar-refractivity contribution in [3.05, 3.63) is 71.3 Å². The Hall–Kier alpha value is -3.52. The Labute approximate surface area is 244 Å². The van der Waals surface area contributed by atoms with Crippen LogP contribution in [0.3, 0.4) is 0 Å². The highest BCUT2D eigenvalue weighted by molar-refractivity contribution is 7.84. The van der Waals surface area contributed by atoms with Crippen molar-refractivity contribution in [1.29, 1.82) is 0 Å². The highest BCUT2D eigenvalue weighted by atomic mass is 32.2. The Morgan fingerprint density at radius 1 is 1.20 bits per heavy atom. The Bertz CT molecular complexity index is 1470. The van der Waals surface area contributed by atoms with Crippen molar-refractivity contribution in [2.45, 2.75) is 57.4 Å². The molecule has 0 radical (unpaired) electrons. The summed E-state index contributed by atoms with van der Waals surface area (Å²) in [7, 11) is 0.369. The van der Waals surface area contributed by atoms with Crippen molar-refractivity contribution < 1.29 is 18.8 Å². The van der Waals surface area contributed by atoms with E-state index in [1.165, 1.54) is 11.1 Å². The zero-order valence-corrected chi connectivity index (χ0v) is 24.8. The fraction of sp³-hybridized carbons (Fsp3) is 0.452. The van der Waals surface area contributed by atoms with E-state index in [0.717, 1.165) is 32.4 Å². The van der Waals surface area contributed by atoms with Gasteiger partial charge in [-0.2, -0.15) is 0 Å². The standard InChI is InChI=1S/C31H37N5O4S/c1-30(2,3)41(38)35-28-25-10-6-5-8-22(25)19-31(28)12-15-36(16-13-31)29-26(21-37)34-23(20-33-29)9-7-17-40-24-11-14-32-27(18-24)39-4/h5-6,8,10-11,14,18,20,28,35,37H,12-13,15-17,19,21H2,1-4H3/t28-,41?/m1/s1. The number of fused-ring (bicyclic) bond motifs is 1. The van der Waals surface area contributed by atoms with Crippen LogP contribution in [0.5, 0.6) is 11.6 Å². The van der Waals surface area contributed by atoms with E-state index in [0.29, 0.717) is 28.8 Å². The number of pyridine rings is 1. The number of piperidine rings is 1. The molecule has 216 valence electrons. The minimum Gasteiger partial charge on any atom is -0.481 e. The topological polar surface area (TPSA) is 110 Å². The van der Waals surface area contributed by atoms with E-state index in [2.05, 4.69) is 60.7 Å². The molecule has 5 rings (SSSR count). The van der Waals surface area contributed by atoms with Crippen molar-refractivity contribution in [3.8, 4) is 23.5 Å². The summed E-state index contributed by atoms with van der Waals surface area (Å²) in [6, 6.07) is 12.0. The number of methoxy groups -OCH3 is 1. The minimum atomic E-state index is -1.18. The number of anilines is 1. The zero-order chi connectivity index (χ0) is 29.0. The molecule has 1 spiro atoms. The summed E-state index contributed by atoms with van der Waals surface area (Å²) in [4.78, 5) is 15.5. The average Bonchev–Trinajstić information content (AvgIpc) is 3.27. The van der Waals surface area contributed by atoms with Gasteiger partial charge in [0.1, 0.15) is 23.7 Å². The highest BCUT2D eigenvalue weighted by Crippen LogP contribution is 2.52. The average molecular weight is 576 g/mol. The molecule has 1 saturated heterocycles. The molecule has 1 unspecified atom stereocenters. The lowest BCUT2D eigenvalue weighted by Crippen LogP contribution is -2.48. The lowest BCUT2D eigenvalue weighted by molar-refractivity contribution is 0.177. The van der Waals surface area contributed by atoms with Gasteiger partial charge in [-0.15, -0.1) is 0 Å². The maximum atomic E-state index is 13.2. The Balaban J connectivity index is 1.27. The van der Waals surface area contributed by atoms with Crippen molar-refractivity contribution in [2.75, 3.05) is 31.7 Å². The van der Waals surface area contributed by atoms with Crippen molar-refractivity contribution >= 4 is 16.8 Å². The van der Waals surface area contributed by atoms with E-state index in [4.69, 9.17) is 9.47 Å². The first-order valence-electron chi connectivity index (χ1n) is 13.8. The molecule has 1 aliphatic carbocycles. The van der Waals surface area contributed by atoms with Gasteiger partial charge in [0.05, 0.1) is 41.7 Å². The van der Waals surface area contributed by atoms with Crippen LogP contribution in [-0.2, 0) is 24.0 Å². The third-order valence-electron chi connectivity index (χ3n) is 7.78. The molecular formula is C31H37N5O4S. The molecule has 41 heavy (non-hydrogen) atoms. The first kappa shape index (κ1) is 29.0. The summed E-state index contributed by atoms with van der Waals surface area (Å²) in [5.41, 5.74) is 3.53. The number of aromatic nitrogens is 3. The molecule has 1 aliphatic heterocycles. The normalized spacial score (nSPS) is 18.4. The van der Waals surface area contributed by atoms with E-state index in [9.17, 15) is 9.32 Å². The van der Waals surface area contributed by atoms with Gasteiger partial charge in [-0.05, 0) is 68.6 Å². The summed E-state index contributed by atoms with van der Waals surface area (Å²) in [5.74, 6) is 7.69. The lowest BCUT2D eigenvalue weighted by Gasteiger charge is -2.44. The molecule has 0 bridgehead atoms. The molecule has 2 N–H and O–H groups in total. The van der Waals surface area contributed by atoms with Gasteiger partial charge in [-0.3, -0.25) is 0 Å². The number of hydrogen-bond acceptors (Lipinski definition) is 8.